The van der Waals surface area contributed by atoms with Crippen LogP contribution in [-0.2, 0) is 0 Å². The SMILES string of the molecule is Cc1cc(Cl)ccc1Nc1ncnc(Nc2ccc(C(C)C)cc2)c1[N+](=O)[O-]. The number of nitro groups is 1. The van der Waals surface area contributed by atoms with Crippen molar-refractivity contribution in [2.75, 3.05) is 10.6 Å². The van der Waals surface area contributed by atoms with Crippen molar-refractivity contribution in [3.05, 3.63) is 75.1 Å². The molecule has 0 atom stereocenters. The fourth-order valence-electron chi connectivity index (χ4n) is 2.72. The van der Waals surface area contributed by atoms with Crippen molar-refractivity contribution in [3.63, 3.8) is 0 Å². The first-order chi connectivity index (χ1) is 13.3. The molecule has 0 saturated heterocycles. The van der Waals surface area contributed by atoms with Gasteiger partial charge < -0.3 is 10.6 Å². The second-order valence-corrected chi connectivity index (χ2v) is 7.10. The summed E-state index contributed by atoms with van der Waals surface area (Å²) in [6, 6.07) is 12.9. The Morgan fingerprint density at radius 2 is 1.68 bits per heavy atom. The van der Waals surface area contributed by atoms with Gasteiger partial charge in [0.25, 0.3) is 0 Å². The predicted octanol–water partition coefficient (Wildman–Crippen LogP) is 5.96. The minimum absolute atomic E-state index is 0.103. The minimum atomic E-state index is -0.502. The monoisotopic (exact) mass is 397 g/mol. The number of aromatic nitrogens is 2. The van der Waals surface area contributed by atoms with Crippen molar-refractivity contribution in [1.82, 2.24) is 9.97 Å². The van der Waals surface area contributed by atoms with Gasteiger partial charge in [0, 0.05) is 16.4 Å². The van der Waals surface area contributed by atoms with E-state index in [1.165, 1.54) is 11.9 Å². The molecule has 3 rings (SSSR count). The summed E-state index contributed by atoms with van der Waals surface area (Å²) in [6.07, 6.45) is 1.28. The number of benzene rings is 2. The summed E-state index contributed by atoms with van der Waals surface area (Å²) in [5.74, 6) is 0.624. The maximum absolute atomic E-state index is 11.7. The highest BCUT2D eigenvalue weighted by molar-refractivity contribution is 6.30. The Bertz CT molecular complexity index is 1010. The summed E-state index contributed by atoms with van der Waals surface area (Å²) in [5.41, 5.74) is 3.19. The molecule has 0 radical (unpaired) electrons. The van der Waals surface area contributed by atoms with Crippen LogP contribution in [0.1, 0.15) is 30.9 Å². The van der Waals surface area contributed by atoms with Crippen molar-refractivity contribution < 1.29 is 4.92 Å². The Morgan fingerprint density at radius 1 is 1.04 bits per heavy atom. The van der Waals surface area contributed by atoms with Crippen LogP contribution in [0, 0.1) is 17.0 Å². The van der Waals surface area contributed by atoms with E-state index in [4.69, 9.17) is 11.6 Å². The third kappa shape index (κ3) is 4.37. The smallest absolute Gasteiger partial charge is 0.334 e. The van der Waals surface area contributed by atoms with Gasteiger partial charge in [-0.25, -0.2) is 9.97 Å². The molecule has 2 N–H and O–H groups in total. The molecule has 0 saturated carbocycles. The molecule has 2 aromatic carbocycles. The highest BCUT2D eigenvalue weighted by Gasteiger charge is 2.23. The Morgan fingerprint density at radius 3 is 2.25 bits per heavy atom. The summed E-state index contributed by atoms with van der Waals surface area (Å²) in [5, 5.41) is 18.3. The lowest BCUT2D eigenvalue weighted by Gasteiger charge is -2.12. The number of rotatable bonds is 6. The zero-order valence-corrected chi connectivity index (χ0v) is 16.5. The minimum Gasteiger partial charge on any atom is -0.334 e. The van der Waals surface area contributed by atoms with Crippen LogP contribution in [0.4, 0.5) is 28.7 Å². The van der Waals surface area contributed by atoms with E-state index in [2.05, 4.69) is 34.4 Å². The van der Waals surface area contributed by atoms with E-state index in [9.17, 15) is 10.1 Å². The molecule has 0 unspecified atom stereocenters. The van der Waals surface area contributed by atoms with Gasteiger partial charge in [0.1, 0.15) is 6.33 Å². The van der Waals surface area contributed by atoms with E-state index in [1.54, 1.807) is 18.2 Å². The summed E-state index contributed by atoms with van der Waals surface area (Å²) >= 11 is 5.98. The van der Waals surface area contributed by atoms with Gasteiger partial charge in [-0.05, 0) is 54.3 Å². The van der Waals surface area contributed by atoms with Crippen LogP contribution in [0.3, 0.4) is 0 Å². The molecule has 7 nitrogen and oxygen atoms in total. The van der Waals surface area contributed by atoms with Crippen molar-refractivity contribution in [2.45, 2.75) is 26.7 Å². The molecular formula is C20H20ClN5O2. The number of anilines is 4. The summed E-state index contributed by atoms with van der Waals surface area (Å²) in [7, 11) is 0. The number of halogens is 1. The van der Waals surface area contributed by atoms with Gasteiger partial charge in [0.2, 0.25) is 11.6 Å². The highest BCUT2D eigenvalue weighted by Crippen LogP contribution is 2.34. The lowest BCUT2D eigenvalue weighted by Crippen LogP contribution is -2.06. The largest absolute Gasteiger partial charge is 0.353 e. The molecule has 0 fully saturated rings. The van der Waals surface area contributed by atoms with E-state index in [1.807, 2.05) is 31.2 Å². The van der Waals surface area contributed by atoms with Crippen LogP contribution in [0.5, 0.6) is 0 Å². The second kappa shape index (κ2) is 8.22. The van der Waals surface area contributed by atoms with Crippen molar-refractivity contribution >= 4 is 40.3 Å². The quantitative estimate of drug-likeness (QED) is 0.394. The van der Waals surface area contributed by atoms with E-state index in [0.29, 0.717) is 22.3 Å². The molecular weight excluding hydrogens is 378 g/mol. The number of hydrogen-bond donors (Lipinski definition) is 2. The first-order valence-electron chi connectivity index (χ1n) is 8.74. The zero-order valence-electron chi connectivity index (χ0n) is 15.7. The van der Waals surface area contributed by atoms with Gasteiger partial charge in [0.15, 0.2) is 0 Å². The normalized spacial score (nSPS) is 10.8. The topological polar surface area (TPSA) is 93.0 Å². The van der Waals surface area contributed by atoms with Gasteiger partial charge in [-0.15, -0.1) is 0 Å². The first-order valence-corrected chi connectivity index (χ1v) is 9.12. The number of aryl methyl sites for hydroxylation is 1. The number of nitrogens with one attached hydrogen (secondary N) is 2. The van der Waals surface area contributed by atoms with E-state index < -0.39 is 4.92 Å². The second-order valence-electron chi connectivity index (χ2n) is 6.66. The maximum Gasteiger partial charge on any atom is 0.353 e. The molecule has 1 aromatic heterocycles. The number of nitrogens with zero attached hydrogens (tertiary/aromatic N) is 3. The van der Waals surface area contributed by atoms with Crippen molar-refractivity contribution in [3.8, 4) is 0 Å². The molecule has 0 aliphatic carbocycles. The standard InChI is InChI=1S/C20H20ClN5O2/c1-12(2)14-4-7-16(8-5-14)24-19-18(26(27)28)20(23-11-22-19)25-17-9-6-15(21)10-13(17)3/h4-12H,1-3H3,(H2,22,23,24,25). The van der Waals surface area contributed by atoms with Crippen molar-refractivity contribution in [2.24, 2.45) is 0 Å². The number of hydrogen-bond acceptors (Lipinski definition) is 6. The summed E-state index contributed by atoms with van der Waals surface area (Å²) < 4.78 is 0. The molecule has 0 aliphatic rings. The average Bonchev–Trinajstić information content (AvgIpc) is 2.64. The lowest BCUT2D eigenvalue weighted by molar-refractivity contribution is -0.383. The van der Waals surface area contributed by atoms with Crippen LogP contribution < -0.4 is 10.6 Å². The Labute approximate surface area is 168 Å². The summed E-state index contributed by atoms with van der Waals surface area (Å²) in [4.78, 5) is 19.4. The third-order valence-corrected chi connectivity index (χ3v) is 4.52. The van der Waals surface area contributed by atoms with Gasteiger partial charge in [-0.1, -0.05) is 37.6 Å². The molecule has 28 heavy (non-hydrogen) atoms. The average molecular weight is 398 g/mol. The Kier molecular flexibility index (Phi) is 5.75. The fraction of sp³-hybridized carbons (Fsp3) is 0.200. The lowest BCUT2D eigenvalue weighted by atomic mass is 10.0. The van der Waals surface area contributed by atoms with Gasteiger partial charge in [-0.2, -0.15) is 0 Å². The van der Waals surface area contributed by atoms with Gasteiger partial charge in [0.05, 0.1) is 4.92 Å². The van der Waals surface area contributed by atoms with E-state index in [0.717, 1.165) is 5.56 Å². The molecule has 0 aliphatic heterocycles. The first kappa shape index (κ1) is 19.6. The molecule has 0 spiro atoms. The van der Waals surface area contributed by atoms with Gasteiger partial charge in [-0.3, -0.25) is 10.1 Å². The molecule has 0 bridgehead atoms. The summed E-state index contributed by atoms with van der Waals surface area (Å²) in [6.45, 7) is 6.07. The predicted molar refractivity (Wildman–Crippen MR) is 112 cm³/mol. The van der Waals surface area contributed by atoms with Crippen molar-refractivity contribution in [1.29, 1.82) is 0 Å². The highest BCUT2D eigenvalue weighted by atomic mass is 35.5. The van der Waals surface area contributed by atoms with E-state index >= 15 is 0 Å². The van der Waals surface area contributed by atoms with Crippen LogP contribution in [-0.4, -0.2) is 14.9 Å². The molecule has 3 aromatic rings. The Hall–Kier alpha value is -3.19. The van der Waals surface area contributed by atoms with Crippen LogP contribution in [0.25, 0.3) is 0 Å². The maximum atomic E-state index is 11.7. The van der Waals surface area contributed by atoms with E-state index in [-0.39, 0.29) is 17.3 Å². The van der Waals surface area contributed by atoms with Crippen LogP contribution in [0.15, 0.2) is 48.8 Å². The van der Waals surface area contributed by atoms with Crippen LogP contribution in [0.2, 0.25) is 5.02 Å². The molecule has 144 valence electrons. The van der Waals surface area contributed by atoms with Gasteiger partial charge >= 0.3 is 5.69 Å². The molecule has 8 heteroatoms. The zero-order chi connectivity index (χ0) is 20.3. The third-order valence-electron chi connectivity index (χ3n) is 4.29. The van der Waals surface area contributed by atoms with Crippen LogP contribution >= 0.6 is 11.6 Å². The molecule has 0 amide bonds. The fourth-order valence-corrected chi connectivity index (χ4v) is 2.94. The Balaban J connectivity index is 1.94. The molecule has 1 heterocycles.